The Balaban J connectivity index is 1.63. The van der Waals surface area contributed by atoms with Gasteiger partial charge in [-0.1, -0.05) is 0 Å². The maximum atomic E-state index is 13.2. The molecule has 25 heavy (non-hydrogen) atoms. The summed E-state index contributed by atoms with van der Waals surface area (Å²) in [4.78, 5) is 17.4. The monoisotopic (exact) mass is 342 g/mol. The highest BCUT2D eigenvalue weighted by molar-refractivity contribution is 5.96. The SMILES string of the molecule is Cc1nn(-c2ccc(F)cc2)c(C)c1C(=O)N1C[C@@H]2CCN(C)[C@@H]2C1. The Kier molecular flexibility index (Phi) is 3.87. The van der Waals surface area contributed by atoms with Crippen molar-refractivity contribution in [2.75, 3.05) is 26.7 Å². The first kappa shape index (κ1) is 16.3. The third-order valence-electron chi connectivity index (χ3n) is 5.69. The molecule has 2 atom stereocenters. The third-order valence-corrected chi connectivity index (χ3v) is 5.69. The van der Waals surface area contributed by atoms with Crippen molar-refractivity contribution < 1.29 is 9.18 Å². The van der Waals surface area contributed by atoms with Gasteiger partial charge in [0.15, 0.2) is 0 Å². The van der Waals surface area contributed by atoms with Crippen molar-refractivity contribution in [1.82, 2.24) is 19.6 Å². The van der Waals surface area contributed by atoms with E-state index >= 15 is 0 Å². The van der Waals surface area contributed by atoms with E-state index in [0.29, 0.717) is 17.5 Å². The number of hydrogen-bond acceptors (Lipinski definition) is 3. The summed E-state index contributed by atoms with van der Waals surface area (Å²) in [5.41, 5.74) is 2.96. The number of hydrogen-bond donors (Lipinski definition) is 0. The highest BCUT2D eigenvalue weighted by atomic mass is 19.1. The number of carbonyl (C=O) groups excluding carboxylic acids is 1. The molecular weight excluding hydrogens is 319 g/mol. The van der Waals surface area contributed by atoms with Gasteiger partial charge in [-0.3, -0.25) is 4.79 Å². The van der Waals surface area contributed by atoms with Crippen LogP contribution in [0, 0.1) is 25.6 Å². The molecule has 6 heteroatoms. The second-order valence-corrected chi connectivity index (χ2v) is 7.24. The lowest BCUT2D eigenvalue weighted by Gasteiger charge is -2.21. The Morgan fingerprint density at radius 3 is 2.60 bits per heavy atom. The van der Waals surface area contributed by atoms with E-state index in [9.17, 15) is 9.18 Å². The van der Waals surface area contributed by atoms with Gasteiger partial charge in [-0.05, 0) is 64.0 Å². The normalized spacial score (nSPS) is 23.3. The van der Waals surface area contributed by atoms with Crippen LogP contribution in [0.3, 0.4) is 0 Å². The van der Waals surface area contributed by atoms with E-state index in [2.05, 4.69) is 17.0 Å². The molecule has 0 aliphatic carbocycles. The lowest BCUT2D eigenvalue weighted by molar-refractivity contribution is 0.0773. The number of aromatic nitrogens is 2. The number of amides is 1. The first-order valence-electron chi connectivity index (χ1n) is 8.77. The second-order valence-electron chi connectivity index (χ2n) is 7.24. The molecule has 2 aromatic rings. The Morgan fingerprint density at radius 1 is 1.20 bits per heavy atom. The van der Waals surface area contributed by atoms with Crippen molar-refractivity contribution >= 4 is 5.91 Å². The number of benzene rings is 1. The Hall–Kier alpha value is -2.21. The molecular formula is C19H23FN4O. The first-order valence-corrected chi connectivity index (χ1v) is 8.77. The van der Waals surface area contributed by atoms with Gasteiger partial charge in [-0.15, -0.1) is 0 Å². The summed E-state index contributed by atoms with van der Waals surface area (Å²) in [6.07, 6.45) is 1.16. The zero-order valence-corrected chi connectivity index (χ0v) is 14.9. The average Bonchev–Trinajstić information content (AvgIpc) is 3.23. The van der Waals surface area contributed by atoms with Crippen molar-refractivity contribution in [3.05, 3.63) is 47.0 Å². The zero-order chi connectivity index (χ0) is 17.7. The summed E-state index contributed by atoms with van der Waals surface area (Å²) in [5, 5.41) is 4.53. The van der Waals surface area contributed by atoms with Crippen molar-refractivity contribution in [1.29, 1.82) is 0 Å². The molecule has 2 aliphatic heterocycles. The lowest BCUT2D eigenvalue weighted by atomic mass is 10.1. The van der Waals surface area contributed by atoms with E-state index in [-0.39, 0.29) is 11.7 Å². The summed E-state index contributed by atoms with van der Waals surface area (Å²) in [7, 11) is 2.14. The molecule has 1 amide bonds. The molecule has 0 saturated carbocycles. The molecule has 2 saturated heterocycles. The van der Waals surface area contributed by atoms with Crippen molar-refractivity contribution in [2.45, 2.75) is 26.3 Å². The van der Waals surface area contributed by atoms with E-state index in [1.54, 1.807) is 16.8 Å². The molecule has 0 N–H and O–H groups in total. The van der Waals surface area contributed by atoms with Crippen LogP contribution in [-0.4, -0.2) is 58.2 Å². The molecule has 1 aromatic carbocycles. The van der Waals surface area contributed by atoms with Gasteiger partial charge in [0.2, 0.25) is 0 Å². The lowest BCUT2D eigenvalue weighted by Crippen LogP contribution is -2.35. The molecule has 3 heterocycles. The molecule has 0 bridgehead atoms. The quantitative estimate of drug-likeness (QED) is 0.842. The molecule has 132 valence electrons. The topological polar surface area (TPSA) is 41.4 Å². The Bertz CT molecular complexity index is 814. The smallest absolute Gasteiger partial charge is 0.257 e. The standard InChI is InChI=1S/C19H23FN4O/c1-12-18(13(2)24(21-12)16-6-4-15(20)5-7-16)19(25)23-10-14-8-9-22(3)17(14)11-23/h4-7,14,17H,8-11H2,1-3H3/t14-,17+/m0/s1. The number of carbonyl (C=O) groups is 1. The molecule has 0 spiro atoms. The van der Waals surface area contributed by atoms with Crippen molar-refractivity contribution in [2.24, 2.45) is 5.92 Å². The highest BCUT2D eigenvalue weighted by Gasteiger charge is 2.42. The van der Waals surface area contributed by atoms with Gasteiger partial charge in [-0.2, -0.15) is 5.10 Å². The van der Waals surface area contributed by atoms with Crippen LogP contribution in [0.2, 0.25) is 0 Å². The molecule has 4 rings (SSSR count). The maximum absolute atomic E-state index is 13.2. The largest absolute Gasteiger partial charge is 0.337 e. The van der Waals surface area contributed by atoms with Gasteiger partial charge in [0, 0.05) is 19.1 Å². The van der Waals surface area contributed by atoms with Crippen LogP contribution >= 0.6 is 0 Å². The van der Waals surface area contributed by atoms with E-state index < -0.39 is 0 Å². The minimum Gasteiger partial charge on any atom is -0.337 e. The van der Waals surface area contributed by atoms with Gasteiger partial charge in [0.1, 0.15) is 5.82 Å². The van der Waals surface area contributed by atoms with E-state index in [1.165, 1.54) is 12.1 Å². The van der Waals surface area contributed by atoms with Crippen LogP contribution in [0.1, 0.15) is 28.2 Å². The predicted octanol–water partition coefficient (Wildman–Crippen LogP) is 2.40. The highest BCUT2D eigenvalue weighted by Crippen LogP contribution is 2.32. The first-order chi connectivity index (χ1) is 12.0. The fraction of sp³-hybridized carbons (Fsp3) is 0.474. The number of likely N-dealkylation sites (N-methyl/N-ethyl adjacent to an activating group) is 1. The van der Waals surface area contributed by atoms with Crippen LogP contribution in [0.4, 0.5) is 4.39 Å². The number of fused-ring (bicyclic) bond motifs is 1. The van der Waals surface area contributed by atoms with Crippen LogP contribution in [-0.2, 0) is 0 Å². The fourth-order valence-corrected chi connectivity index (χ4v) is 4.28. The van der Waals surface area contributed by atoms with Crippen LogP contribution in [0.5, 0.6) is 0 Å². The van der Waals surface area contributed by atoms with E-state index in [4.69, 9.17) is 0 Å². The summed E-state index contributed by atoms with van der Waals surface area (Å²) in [6.45, 7) is 6.51. The van der Waals surface area contributed by atoms with E-state index in [0.717, 1.165) is 43.1 Å². The number of nitrogens with zero attached hydrogens (tertiary/aromatic N) is 4. The summed E-state index contributed by atoms with van der Waals surface area (Å²) >= 11 is 0. The predicted molar refractivity (Wildman–Crippen MR) is 93.4 cm³/mol. The molecule has 2 aliphatic rings. The van der Waals surface area contributed by atoms with Gasteiger partial charge >= 0.3 is 0 Å². The van der Waals surface area contributed by atoms with Crippen LogP contribution in [0.25, 0.3) is 5.69 Å². The van der Waals surface area contributed by atoms with Gasteiger partial charge in [0.05, 0.1) is 22.6 Å². The Labute approximate surface area is 147 Å². The van der Waals surface area contributed by atoms with Gasteiger partial charge in [-0.25, -0.2) is 9.07 Å². The average molecular weight is 342 g/mol. The van der Waals surface area contributed by atoms with Crippen molar-refractivity contribution in [3.63, 3.8) is 0 Å². The van der Waals surface area contributed by atoms with E-state index in [1.807, 2.05) is 18.7 Å². The molecule has 0 radical (unpaired) electrons. The van der Waals surface area contributed by atoms with Gasteiger partial charge in [0.25, 0.3) is 5.91 Å². The maximum Gasteiger partial charge on any atom is 0.257 e. The van der Waals surface area contributed by atoms with Gasteiger partial charge < -0.3 is 9.80 Å². The van der Waals surface area contributed by atoms with Crippen LogP contribution < -0.4 is 0 Å². The molecule has 5 nitrogen and oxygen atoms in total. The number of halogens is 1. The summed E-state index contributed by atoms with van der Waals surface area (Å²) in [5.74, 6) is 0.363. The minimum atomic E-state index is -0.283. The zero-order valence-electron chi connectivity index (χ0n) is 14.9. The molecule has 0 unspecified atom stereocenters. The Morgan fingerprint density at radius 2 is 1.92 bits per heavy atom. The summed E-state index contributed by atoms with van der Waals surface area (Å²) < 4.78 is 14.9. The van der Waals surface area contributed by atoms with Crippen LogP contribution in [0.15, 0.2) is 24.3 Å². The third kappa shape index (κ3) is 2.65. The second kappa shape index (κ2) is 5.95. The van der Waals surface area contributed by atoms with Crippen molar-refractivity contribution in [3.8, 4) is 5.69 Å². The fourth-order valence-electron chi connectivity index (χ4n) is 4.28. The number of aryl methyl sites for hydroxylation is 1. The number of rotatable bonds is 2. The molecule has 2 fully saturated rings. The minimum absolute atomic E-state index is 0.0613. The molecule has 1 aromatic heterocycles. The summed E-state index contributed by atoms with van der Waals surface area (Å²) in [6, 6.07) is 6.66. The number of likely N-dealkylation sites (tertiary alicyclic amines) is 2.